The summed E-state index contributed by atoms with van der Waals surface area (Å²) in [6.45, 7) is 1.99. The molecule has 4 nitrogen and oxygen atoms in total. The molecule has 0 saturated carbocycles. The number of sulfone groups is 1. The number of halogens is 1. The minimum Gasteiger partial charge on any atom is -0.322 e. The Balaban J connectivity index is 2.38. The molecule has 0 aliphatic heterocycles. The standard InChI is InChI=1S/C16H16ClNO3S/c1-3-11-6-4-5-7-15(11)18-16(19)13-10-12(22(2,20)21)8-9-14(13)17/h4-10H,3H2,1-2H3,(H,18,19). The first kappa shape index (κ1) is 16.5. The topological polar surface area (TPSA) is 63.2 Å². The van der Waals surface area contributed by atoms with E-state index in [9.17, 15) is 13.2 Å². The predicted molar refractivity (Wildman–Crippen MR) is 88.3 cm³/mol. The number of hydrogen-bond donors (Lipinski definition) is 1. The van der Waals surface area contributed by atoms with Crippen molar-refractivity contribution in [3.63, 3.8) is 0 Å². The Bertz CT molecular complexity index is 816. The first-order valence-electron chi connectivity index (χ1n) is 6.71. The van der Waals surface area contributed by atoms with E-state index in [2.05, 4.69) is 5.32 Å². The fourth-order valence-electron chi connectivity index (χ4n) is 2.05. The van der Waals surface area contributed by atoms with E-state index < -0.39 is 15.7 Å². The molecule has 0 saturated heterocycles. The van der Waals surface area contributed by atoms with Gasteiger partial charge in [-0.25, -0.2) is 8.42 Å². The van der Waals surface area contributed by atoms with Crippen LogP contribution in [-0.4, -0.2) is 20.6 Å². The van der Waals surface area contributed by atoms with Gasteiger partial charge in [-0.3, -0.25) is 4.79 Å². The van der Waals surface area contributed by atoms with Gasteiger partial charge in [0.2, 0.25) is 0 Å². The van der Waals surface area contributed by atoms with Gasteiger partial charge in [-0.15, -0.1) is 0 Å². The molecule has 6 heteroatoms. The highest BCUT2D eigenvalue weighted by atomic mass is 35.5. The van der Waals surface area contributed by atoms with E-state index in [1.54, 1.807) is 6.07 Å². The molecular weight excluding hydrogens is 322 g/mol. The fraction of sp³-hybridized carbons (Fsp3) is 0.188. The van der Waals surface area contributed by atoms with Gasteiger partial charge in [0.25, 0.3) is 5.91 Å². The zero-order chi connectivity index (χ0) is 16.3. The molecule has 1 amide bonds. The molecule has 0 bridgehead atoms. The Labute approximate surface area is 135 Å². The van der Waals surface area contributed by atoms with Gasteiger partial charge in [-0.2, -0.15) is 0 Å². The van der Waals surface area contributed by atoms with Crippen LogP contribution in [0.1, 0.15) is 22.8 Å². The predicted octanol–water partition coefficient (Wildman–Crippen LogP) is 3.56. The second-order valence-electron chi connectivity index (χ2n) is 4.88. The largest absolute Gasteiger partial charge is 0.322 e. The number of anilines is 1. The average Bonchev–Trinajstić information content (AvgIpc) is 2.47. The number of para-hydroxylation sites is 1. The van der Waals surface area contributed by atoms with Crippen molar-refractivity contribution in [3.05, 3.63) is 58.6 Å². The molecule has 0 aromatic heterocycles. The summed E-state index contributed by atoms with van der Waals surface area (Å²) in [6.07, 6.45) is 1.86. The van der Waals surface area contributed by atoms with E-state index in [-0.39, 0.29) is 15.5 Å². The lowest BCUT2D eigenvalue weighted by Crippen LogP contribution is -2.14. The van der Waals surface area contributed by atoms with E-state index in [1.165, 1.54) is 18.2 Å². The van der Waals surface area contributed by atoms with Crippen LogP contribution in [-0.2, 0) is 16.3 Å². The smallest absolute Gasteiger partial charge is 0.257 e. The van der Waals surface area contributed by atoms with Gasteiger partial charge in [0, 0.05) is 11.9 Å². The monoisotopic (exact) mass is 337 g/mol. The van der Waals surface area contributed by atoms with Crippen molar-refractivity contribution in [1.82, 2.24) is 0 Å². The lowest BCUT2D eigenvalue weighted by atomic mass is 10.1. The van der Waals surface area contributed by atoms with Gasteiger partial charge in [0.15, 0.2) is 9.84 Å². The zero-order valence-electron chi connectivity index (χ0n) is 12.3. The van der Waals surface area contributed by atoms with Crippen LogP contribution in [0.2, 0.25) is 5.02 Å². The third-order valence-electron chi connectivity index (χ3n) is 3.26. The maximum atomic E-state index is 12.4. The van der Waals surface area contributed by atoms with Crippen molar-refractivity contribution in [2.75, 3.05) is 11.6 Å². The van der Waals surface area contributed by atoms with Gasteiger partial charge in [0.05, 0.1) is 15.5 Å². The third kappa shape index (κ3) is 3.67. The molecule has 0 heterocycles. The van der Waals surface area contributed by atoms with Crippen molar-refractivity contribution in [1.29, 1.82) is 0 Å². The van der Waals surface area contributed by atoms with Crippen LogP contribution in [0.4, 0.5) is 5.69 Å². The number of carbonyl (C=O) groups is 1. The summed E-state index contributed by atoms with van der Waals surface area (Å²) in [6, 6.07) is 11.5. The van der Waals surface area contributed by atoms with Crippen LogP contribution in [0.5, 0.6) is 0 Å². The number of hydrogen-bond acceptors (Lipinski definition) is 3. The van der Waals surface area contributed by atoms with Crippen molar-refractivity contribution < 1.29 is 13.2 Å². The van der Waals surface area contributed by atoms with Crippen molar-refractivity contribution in [3.8, 4) is 0 Å². The minimum atomic E-state index is -3.40. The molecule has 0 radical (unpaired) electrons. The second kappa shape index (κ2) is 6.50. The maximum absolute atomic E-state index is 12.4. The van der Waals surface area contributed by atoms with E-state index >= 15 is 0 Å². The van der Waals surface area contributed by atoms with E-state index in [0.29, 0.717) is 5.69 Å². The number of aryl methyl sites for hydroxylation is 1. The van der Waals surface area contributed by atoms with Crippen LogP contribution in [0.3, 0.4) is 0 Å². The summed E-state index contributed by atoms with van der Waals surface area (Å²) >= 11 is 6.03. The summed E-state index contributed by atoms with van der Waals surface area (Å²) in [7, 11) is -3.40. The number of benzene rings is 2. The lowest BCUT2D eigenvalue weighted by Gasteiger charge is -2.11. The van der Waals surface area contributed by atoms with Gasteiger partial charge < -0.3 is 5.32 Å². The Kier molecular flexibility index (Phi) is 4.88. The maximum Gasteiger partial charge on any atom is 0.257 e. The molecule has 0 unspecified atom stereocenters. The normalized spacial score (nSPS) is 11.2. The van der Waals surface area contributed by atoms with E-state index in [1.807, 2.05) is 25.1 Å². The first-order chi connectivity index (χ1) is 10.3. The summed E-state index contributed by atoms with van der Waals surface area (Å²) in [5.41, 5.74) is 1.82. The number of amides is 1. The summed E-state index contributed by atoms with van der Waals surface area (Å²) in [5, 5.41) is 2.99. The van der Waals surface area contributed by atoms with Crippen molar-refractivity contribution >= 4 is 33.0 Å². The Hall–Kier alpha value is -1.85. The number of rotatable bonds is 4. The highest BCUT2D eigenvalue weighted by molar-refractivity contribution is 7.90. The van der Waals surface area contributed by atoms with Crippen LogP contribution in [0.15, 0.2) is 47.4 Å². The SMILES string of the molecule is CCc1ccccc1NC(=O)c1cc(S(C)(=O)=O)ccc1Cl. The van der Waals surface area contributed by atoms with Gasteiger partial charge in [-0.05, 0) is 36.2 Å². The van der Waals surface area contributed by atoms with Crippen LogP contribution in [0, 0.1) is 0 Å². The van der Waals surface area contributed by atoms with Gasteiger partial charge >= 0.3 is 0 Å². The molecule has 0 aliphatic rings. The van der Waals surface area contributed by atoms with Crippen molar-refractivity contribution in [2.45, 2.75) is 18.2 Å². The molecule has 22 heavy (non-hydrogen) atoms. The Morgan fingerprint density at radius 3 is 2.50 bits per heavy atom. The average molecular weight is 338 g/mol. The molecule has 2 rings (SSSR count). The second-order valence-corrected chi connectivity index (χ2v) is 7.30. The molecular formula is C16H16ClNO3S. The van der Waals surface area contributed by atoms with E-state index in [0.717, 1.165) is 18.2 Å². The van der Waals surface area contributed by atoms with Gasteiger partial charge in [0.1, 0.15) is 0 Å². The number of nitrogens with one attached hydrogen (secondary N) is 1. The molecule has 116 valence electrons. The molecule has 2 aromatic carbocycles. The minimum absolute atomic E-state index is 0.0610. The molecule has 2 aromatic rings. The number of carbonyl (C=O) groups excluding carboxylic acids is 1. The quantitative estimate of drug-likeness (QED) is 0.927. The van der Waals surface area contributed by atoms with Gasteiger partial charge in [-0.1, -0.05) is 36.7 Å². The van der Waals surface area contributed by atoms with Crippen molar-refractivity contribution in [2.24, 2.45) is 0 Å². The van der Waals surface area contributed by atoms with Crippen LogP contribution < -0.4 is 5.32 Å². The molecule has 1 N–H and O–H groups in total. The van der Waals surface area contributed by atoms with Crippen LogP contribution in [0.25, 0.3) is 0 Å². The summed E-state index contributed by atoms with van der Waals surface area (Å²) < 4.78 is 23.2. The molecule has 0 spiro atoms. The van der Waals surface area contributed by atoms with Crippen LogP contribution >= 0.6 is 11.6 Å². The zero-order valence-corrected chi connectivity index (χ0v) is 13.8. The Morgan fingerprint density at radius 2 is 1.86 bits per heavy atom. The lowest BCUT2D eigenvalue weighted by molar-refractivity contribution is 0.102. The first-order valence-corrected chi connectivity index (χ1v) is 8.98. The highest BCUT2D eigenvalue weighted by Crippen LogP contribution is 2.23. The summed E-state index contributed by atoms with van der Waals surface area (Å²) in [4.78, 5) is 12.5. The molecule has 0 fully saturated rings. The Morgan fingerprint density at radius 1 is 1.18 bits per heavy atom. The fourth-order valence-corrected chi connectivity index (χ4v) is 2.90. The molecule has 0 atom stereocenters. The van der Waals surface area contributed by atoms with E-state index in [4.69, 9.17) is 11.6 Å². The highest BCUT2D eigenvalue weighted by Gasteiger charge is 2.16. The molecule has 0 aliphatic carbocycles. The third-order valence-corrected chi connectivity index (χ3v) is 4.70. The summed E-state index contributed by atoms with van der Waals surface area (Å²) in [5.74, 6) is -0.434.